The lowest BCUT2D eigenvalue weighted by molar-refractivity contribution is 0.111. The fourth-order valence-electron chi connectivity index (χ4n) is 1.27. The summed E-state index contributed by atoms with van der Waals surface area (Å²) in [5, 5.41) is 0. The zero-order valence-electron chi connectivity index (χ0n) is 7.81. The van der Waals surface area contributed by atoms with E-state index in [1.54, 1.807) is 18.2 Å². The first-order chi connectivity index (χ1) is 7.29. The fraction of sp³-hybridized carbons (Fsp3) is 0.0909. The van der Waals surface area contributed by atoms with Crippen LogP contribution in [0.1, 0.15) is 21.9 Å². The first kappa shape index (κ1) is 9.58. The Labute approximate surface area is 85.6 Å². The Kier molecular flexibility index (Phi) is 2.58. The lowest BCUT2D eigenvalue weighted by Gasteiger charge is -1.98. The molecule has 15 heavy (non-hydrogen) atoms. The van der Waals surface area contributed by atoms with Gasteiger partial charge in [0.1, 0.15) is 17.8 Å². The van der Waals surface area contributed by atoms with E-state index in [0.717, 1.165) is 0 Å². The van der Waals surface area contributed by atoms with Gasteiger partial charge in [-0.1, -0.05) is 18.2 Å². The van der Waals surface area contributed by atoms with Crippen LogP contribution in [0.3, 0.4) is 0 Å². The number of aromatic nitrogens is 1. The molecule has 4 heteroatoms. The van der Waals surface area contributed by atoms with Gasteiger partial charge in [-0.15, -0.1) is 0 Å². The van der Waals surface area contributed by atoms with Crippen molar-refractivity contribution in [3.63, 3.8) is 0 Å². The number of nitrogens with zero attached hydrogens (tertiary/aromatic N) is 1. The van der Waals surface area contributed by atoms with Crippen LogP contribution in [0.2, 0.25) is 0 Å². The van der Waals surface area contributed by atoms with E-state index in [9.17, 15) is 9.18 Å². The van der Waals surface area contributed by atoms with Crippen molar-refractivity contribution in [1.82, 2.24) is 4.98 Å². The van der Waals surface area contributed by atoms with Crippen LogP contribution >= 0.6 is 0 Å². The van der Waals surface area contributed by atoms with Crippen molar-refractivity contribution in [3.05, 3.63) is 53.5 Å². The quantitative estimate of drug-likeness (QED) is 0.721. The van der Waals surface area contributed by atoms with Gasteiger partial charge in [0.2, 0.25) is 0 Å². The summed E-state index contributed by atoms with van der Waals surface area (Å²) in [7, 11) is 0. The van der Waals surface area contributed by atoms with Gasteiger partial charge in [-0.25, -0.2) is 9.37 Å². The number of carbonyl (C=O) groups is 1. The number of aldehydes is 1. The molecule has 1 aromatic carbocycles. The van der Waals surface area contributed by atoms with Crippen LogP contribution < -0.4 is 0 Å². The van der Waals surface area contributed by atoms with Crippen molar-refractivity contribution in [2.45, 2.75) is 6.42 Å². The Morgan fingerprint density at radius 1 is 1.40 bits per heavy atom. The molecule has 2 aromatic rings. The maximum Gasteiger partial charge on any atom is 0.199 e. The van der Waals surface area contributed by atoms with Crippen molar-refractivity contribution < 1.29 is 13.6 Å². The minimum absolute atomic E-state index is 0.223. The molecular weight excluding hydrogens is 197 g/mol. The highest BCUT2D eigenvalue weighted by Gasteiger charge is 2.07. The van der Waals surface area contributed by atoms with Gasteiger partial charge >= 0.3 is 0 Å². The molecule has 0 bridgehead atoms. The number of hydrogen-bond donors (Lipinski definition) is 0. The summed E-state index contributed by atoms with van der Waals surface area (Å²) in [6.07, 6.45) is 2.10. The third-order valence-corrected chi connectivity index (χ3v) is 1.99. The monoisotopic (exact) mass is 205 g/mol. The molecule has 0 aliphatic heterocycles. The van der Waals surface area contributed by atoms with Crippen LogP contribution in [0.4, 0.5) is 4.39 Å². The molecule has 0 saturated carbocycles. The molecule has 3 nitrogen and oxygen atoms in total. The van der Waals surface area contributed by atoms with Crippen LogP contribution in [-0.4, -0.2) is 11.3 Å². The summed E-state index contributed by atoms with van der Waals surface area (Å²) in [6, 6.07) is 6.38. The number of halogens is 1. The SMILES string of the molecule is O=Cc1coc(Cc2ccccc2F)n1. The summed E-state index contributed by atoms with van der Waals surface area (Å²) in [4.78, 5) is 14.2. The Balaban J connectivity index is 2.22. The van der Waals surface area contributed by atoms with Crippen molar-refractivity contribution >= 4 is 6.29 Å². The first-order valence-electron chi connectivity index (χ1n) is 4.42. The van der Waals surface area contributed by atoms with Gasteiger partial charge < -0.3 is 4.42 Å². The second-order valence-corrected chi connectivity index (χ2v) is 3.05. The highest BCUT2D eigenvalue weighted by molar-refractivity contribution is 5.70. The number of carbonyl (C=O) groups excluding carboxylic acids is 1. The molecule has 76 valence electrons. The summed E-state index contributed by atoms with van der Waals surface area (Å²) >= 11 is 0. The second kappa shape index (κ2) is 4.04. The normalized spacial score (nSPS) is 10.2. The van der Waals surface area contributed by atoms with E-state index in [2.05, 4.69) is 4.98 Å². The van der Waals surface area contributed by atoms with Crippen LogP contribution in [0.5, 0.6) is 0 Å². The second-order valence-electron chi connectivity index (χ2n) is 3.05. The number of hydrogen-bond acceptors (Lipinski definition) is 3. The Hall–Kier alpha value is -1.97. The Morgan fingerprint density at radius 2 is 2.20 bits per heavy atom. The van der Waals surface area contributed by atoms with E-state index in [4.69, 9.17) is 4.42 Å². The molecule has 0 fully saturated rings. The zero-order valence-corrected chi connectivity index (χ0v) is 7.81. The molecule has 0 radical (unpaired) electrons. The van der Waals surface area contributed by atoms with Gasteiger partial charge in [-0.2, -0.15) is 0 Å². The molecule has 0 aliphatic carbocycles. The lowest BCUT2D eigenvalue weighted by Crippen LogP contribution is -1.92. The highest BCUT2D eigenvalue weighted by atomic mass is 19.1. The third-order valence-electron chi connectivity index (χ3n) is 1.99. The van der Waals surface area contributed by atoms with Gasteiger partial charge in [0.05, 0.1) is 6.42 Å². The highest BCUT2D eigenvalue weighted by Crippen LogP contribution is 2.12. The first-order valence-corrected chi connectivity index (χ1v) is 4.42. The van der Waals surface area contributed by atoms with Crippen molar-refractivity contribution in [2.24, 2.45) is 0 Å². The molecule has 0 atom stereocenters. The molecule has 1 aromatic heterocycles. The smallest absolute Gasteiger partial charge is 0.199 e. The van der Waals surface area contributed by atoms with E-state index in [1.165, 1.54) is 12.3 Å². The van der Waals surface area contributed by atoms with Gasteiger partial charge in [-0.3, -0.25) is 4.79 Å². The minimum Gasteiger partial charge on any atom is -0.448 e. The van der Waals surface area contributed by atoms with Crippen LogP contribution in [0.15, 0.2) is 34.9 Å². The van der Waals surface area contributed by atoms with Gasteiger partial charge in [0.25, 0.3) is 0 Å². The molecule has 0 aliphatic rings. The van der Waals surface area contributed by atoms with E-state index in [1.807, 2.05) is 0 Å². The van der Waals surface area contributed by atoms with Crippen molar-refractivity contribution in [3.8, 4) is 0 Å². The lowest BCUT2D eigenvalue weighted by atomic mass is 10.1. The van der Waals surface area contributed by atoms with Gasteiger partial charge in [0, 0.05) is 0 Å². The molecule has 0 N–H and O–H groups in total. The van der Waals surface area contributed by atoms with Crippen molar-refractivity contribution in [2.75, 3.05) is 0 Å². The summed E-state index contributed by atoms with van der Waals surface area (Å²) in [5.74, 6) is 0.0329. The third kappa shape index (κ3) is 2.10. The summed E-state index contributed by atoms with van der Waals surface area (Å²) in [5.41, 5.74) is 0.720. The topological polar surface area (TPSA) is 43.1 Å². The maximum absolute atomic E-state index is 13.2. The molecule has 0 saturated heterocycles. The predicted molar refractivity (Wildman–Crippen MR) is 51.1 cm³/mol. The maximum atomic E-state index is 13.2. The molecule has 0 spiro atoms. The van der Waals surface area contributed by atoms with E-state index >= 15 is 0 Å². The van der Waals surface area contributed by atoms with Gasteiger partial charge in [-0.05, 0) is 11.6 Å². The average molecular weight is 205 g/mol. The van der Waals surface area contributed by atoms with E-state index in [-0.39, 0.29) is 17.9 Å². The minimum atomic E-state index is -0.302. The number of rotatable bonds is 3. The average Bonchev–Trinajstić information content (AvgIpc) is 2.69. The van der Waals surface area contributed by atoms with E-state index in [0.29, 0.717) is 17.7 Å². The van der Waals surface area contributed by atoms with E-state index < -0.39 is 0 Å². The number of oxazole rings is 1. The molecule has 0 amide bonds. The largest absolute Gasteiger partial charge is 0.448 e. The Morgan fingerprint density at radius 3 is 2.87 bits per heavy atom. The summed E-state index contributed by atoms with van der Waals surface area (Å²) in [6.45, 7) is 0. The van der Waals surface area contributed by atoms with Crippen LogP contribution in [0, 0.1) is 5.82 Å². The molecule has 2 rings (SSSR count). The van der Waals surface area contributed by atoms with Crippen LogP contribution in [0.25, 0.3) is 0 Å². The summed E-state index contributed by atoms with van der Waals surface area (Å²) < 4.78 is 18.2. The molecule has 1 heterocycles. The molecular formula is C11H8FNO2. The van der Waals surface area contributed by atoms with Crippen molar-refractivity contribution in [1.29, 1.82) is 0 Å². The molecule has 0 unspecified atom stereocenters. The zero-order chi connectivity index (χ0) is 10.7. The van der Waals surface area contributed by atoms with Gasteiger partial charge in [0.15, 0.2) is 12.2 Å². The predicted octanol–water partition coefficient (Wildman–Crippen LogP) is 2.22. The standard InChI is InChI=1S/C11H8FNO2/c12-10-4-2-1-3-8(10)5-11-13-9(6-14)7-15-11/h1-4,6-7H,5H2. The number of benzene rings is 1. The van der Waals surface area contributed by atoms with Crippen LogP contribution in [-0.2, 0) is 6.42 Å². The Bertz CT molecular complexity index is 479. The fourth-order valence-corrected chi connectivity index (χ4v) is 1.27.